The number of nitrogens with zero attached hydrogens (tertiary/aromatic N) is 3. The number of benzene rings is 2. The zero-order valence-corrected chi connectivity index (χ0v) is 22.8. The number of anilines is 1. The molecule has 2 aromatic carbocycles. The fraction of sp³-hybridized carbons (Fsp3) is 0.200. The van der Waals surface area contributed by atoms with Crippen molar-refractivity contribution in [2.45, 2.75) is 32.4 Å². The summed E-state index contributed by atoms with van der Waals surface area (Å²) in [6.07, 6.45) is 1.91. The maximum absolute atomic E-state index is 13.3. The number of hydrogen-bond donors (Lipinski definition) is 3. The van der Waals surface area contributed by atoms with Gasteiger partial charge in [0.25, 0.3) is 0 Å². The summed E-state index contributed by atoms with van der Waals surface area (Å²) in [5, 5.41) is 16.0. The van der Waals surface area contributed by atoms with E-state index in [1.54, 1.807) is 30.5 Å². The van der Waals surface area contributed by atoms with Crippen LogP contribution in [0.4, 0.5) is 10.1 Å². The molecule has 10 heteroatoms. The van der Waals surface area contributed by atoms with E-state index < -0.39 is 5.97 Å². The number of pyridine rings is 1. The highest BCUT2D eigenvalue weighted by Crippen LogP contribution is 2.41. The minimum absolute atomic E-state index is 0.167. The molecule has 1 aliphatic heterocycles. The van der Waals surface area contributed by atoms with Crippen LogP contribution in [0.15, 0.2) is 79.0 Å². The summed E-state index contributed by atoms with van der Waals surface area (Å²) in [5.41, 5.74) is 5.37. The molecule has 204 valence electrons. The normalized spacial score (nSPS) is 16.6. The van der Waals surface area contributed by atoms with Crippen LogP contribution in [-0.4, -0.2) is 43.1 Å². The Morgan fingerprint density at radius 3 is 2.45 bits per heavy atom. The number of carboxylic acid groups (broad SMARTS) is 1. The molecular formula is C30H28FN5O3S. The Labute approximate surface area is 236 Å². The molecule has 3 N–H and O–H groups in total. The van der Waals surface area contributed by atoms with Gasteiger partial charge in [0, 0.05) is 41.9 Å². The summed E-state index contributed by atoms with van der Waals surface area (Å²) in [5.74, 6) is -1.56. The third kappa shape index (κ3) is 5.43. The minimum Gasteiger partial charge on any atom is -0.478 e. The van der Waals surface area contributed by atoms with Gasteiger partial charge in [-0.05, 0) is 98.4 Å². The molecule has 0 unspecified atom stereocenters. The summed E-state index contributed by atoms with van der Waals surface area (Å²) < 4.78 is 15.3. The van der Waals surface area contributed by atoms with Crippen molar-refractivity contribution in [3.63, 3.8) is 0 Å². The molecule has 0 spiro atoms. The second kappa shape index (κ2) is 11.3. The van der Waals surface area contributed by atoms with Gasteiger partial charge in [0.15, 0.2) is 5.11 Å². The number of halogens is 1. The van der Waals surface area contributed by atoms with Crippen molar-refractivity contribution in [1.29, 1.82) is 0 Å². The van der Waals surface area contributed by atoms with Gasteiger partial charge in [-0.25, -0.2) is 9.18 Å². The standard InChI is InChI=1S/C30H28FN5O3S/c1-18-17-24(19(2)36(18)23-12-6-20(7-13-23)29(38)39)28-27(25-5-3-4-15-32-25)34-30(40)35(28)16-14-26(37)33-22-10-8-21(31)9-11-22/h3-13,15,17,27-28H,14,16H2,1-2H3,(H,33,37)(H,34,40)(H,38,39)/t27-,28+/m1/s1. The molecule has 0 bridgehead atoms. The minimum atomic E-state index is -0.976. The number of aromatic carboxylic acids is 1. The average molecular weight is 558 g/mol. The Morgan fingerprint density at radius 1 is 1.07 bits per heavy atom. The first-order valence-corrected chi connectivity index (χ1v) is 13.2. The zero-order chi connectivity index (χ0) is 28.4. The van der Waals surface area contributed by atoms with Crippen molar-refractivity contribution >= 4 is 34.9 Å². The second-order valence-electron chi connectivity index (χ2n) is 9.64. The molecule has 4 aromatic rings. The lowest BCUT2D eigenvalue weighted by atomic mass is 9.96. The SMILES string of the molecule is Cc1cc([C@H]2[C@@H](c3ccccn3)NC(=S)N2CCC(=O)Nc2ccc(F)cc2)c(C)n1-c1ccc(C(=O)O)cc1. The third-order valence-electron chi connectivity index (χ3n) is 7.07. The van der Waals surface area contributed by atoms with Crippen LogP contribution in [-0.2, 0) is 4.79 Å². The first kappa shape index (κ1) is 27.0. The molecule has 1 amide bonds. The van der Waals surface area contributed by atoms with E-state index >= 15 is 0 Å². The van der Waals surface area contributed by atoms with Crippen molar-refractivity contribution in [2.75, 3.05) is 11.9 Å². The van der Waals surface area contributed by atoms with E-state index in [-0.39, 0.29) is 35.8 Å². The smallest absolute Gasteiger partial charge is 0.335 e. The molecule has 1 saturated heterocycles. The quantitative estimate of drug-likeness (QED) is 0.252. The van der Waals surface area contributed by atoms with Crippen LogP contribution in [0.5, 0.6) is 0 Å². The van der Waals surface area contributed by atoms with Crippen molar-refractivity contribution in [1.82, 2.24) is 19.8 Å². The van der Waals surface area contributed by atoms with Crippen LogP contribution in [0.1, 0.15) is 51.5 Å². The Balaban J connectivity index is 1.46. The van der Waals surface area contributed by atoms with Crippen molar-refractivity contribution < 1.29 is 19.1 Å². The molecule has 3 heterocycles. The molecule has 1 aliphatic rings. The highest BCUT2D eigenvalue weighted by Gasteiger charge is 2.41. The maximum Gasteiger partial charge on any atom is 0.335 e. The number of rotatable bonds is 8. The molecule has 8 nitrogen and oxygen atoms in total. The number of carboxylic acids is 1. The summed E-state index contributed by atoms with van der Waals surface area (Å²) >= 11 is 5.76. The largest absolute Gasteiger partial charge is 0.478 e. The summed E-state index contributed by atoms with van der Waals surface area (Å²) in [4.78, 5) is 30.7. The number of thiocarbonyl (C=S) groups is 1. The molecule has 0 aliphatic carbocycles. The van der Waals surface area contributed by atoms with Crippen LogP contribution >= 0.6 is 12.2 Å². The van der Waals surface area contributed by atoms with Gasteiger partial charge in [-0.3, -0.25) is 9.78 Å². The summed E-state index contributed by atoms with van der Waals surface area (Å²) in [6, 6.07) is 19.7. The van der Waals surface area contributed by atoms with Crippen molar-refractivity contribution in [3.8, 4) is 5.69 Å². The monoisotopic (exact) mass is 557 g/mol. The Morgan fingerprint density at radius 2 is 1.80 bits per heavy atom. The van der Waals surface area contributed by atoms with Crippen LogP contribution in [0.2, 0.25) is 0 Å². The lowest BCUT2D eigenvalue weighted by molar-refractivity contribution is -0.116. The van der Waals surface area contributed by atoms with E-state index in [1.165, 1.54) is 24.3 Å². The number of carbonyl (C=O) groups excluding carboxylic acids is 1. The van der Waals surface area contributed by atoms with Gasteiger partial charge in [-0.1, -0.05) is 6.07 Å². The molecule has 2 aromatic heterocycles. The van der Waals surface area contributed by atoms with Gasteiger partial charge >= 0.3 is 5.97 Å². The predicted octanol–water partition coefficient (Wildman–Crippen LogP) is 5.33. The van der Waals surface area contributed by atoms with E-state index in [9.17, 15) is 19.1 Å². The van der Waals surface area contributed by atoms with Gasteiger partial charge in [-0.2, -0.15) is 0 Å². The number of nitrogens with one attached hydrogen (secondary N) is 2. The lowest BCUT2D eigenvalue weighted by Gasteiger charge is -2.28. The maximum atomic E-state index is 13.3. The number of aryl methyl sites for hydroxylation is 1. The molecule has 0 radical (unpaired) electrons. The van der Waals surface area contributed by atoms with E-state index in [1.807, 2.05) is 36.9 Å². The highest BCUT2D eigenvalue weighted by atomic mass is 32.1. The second-order valence-corrected chi connectivity index (χ2v) is 10.0. The van der Waals surface area contributed by atoms with Gasteiger partial charge in [0.2, 0.25) is 5.91 Å². The molecule has 1 fully saturated rings. The van der Waals surface area contributed by atoms with Gasteiger partial charge in [0.05, 0.1) is 23.3 Å². The van der Waals surface area contributed by atoms with Crippen molar-refractivity contribution in [2.24, 2.45) is 0 Å². The number of aromatic nitrogens is 2. The van der Waals surface area contributed by atoms with Crippen LogP contribution in [0, 0.1) is 19.7 Å². The van der Waals surface area contributed by atoms with Crippen molar-refractivity contribution in [3.05, 3.63) is 113 Å². The topological polar surface area (TPSA) is 99.5 Å². The highest BCUT2D eigenvalue weighted by molar-refractivity contribution is 7.80. The summed E-state index contributed by atoms with van der Waals surface area (Å²) in [6.45, 7) is 4.37. The first-order valence-electron chi connectivity index (χ1n) is 12.8. The predicted molar refractivity (Wildman–Crippen MR) is 154 cm³/mol. The Hall–Kier alpha value is -4.57. The molecular weight excluding hydrogens is 529 g/mol. The number of amides is 1. The van der Waals surface area contributed by atoms with Crippen LogP contribution in [0.3, 0.4) is 0 Å². The summed E-state index contributed by atoms with van der Waals surface area (Å²) in [7, 11) is 0. The fourth-order valence-electron chi connectivity index (χ4n) is 5.20. The molecule has 0 saturated carbocycles. The van der Waals surface area contributed by atoms with E-state index in [2.05, 4.69) is 26.3 Å². The molecule has 2 atom stereocenters. The van der Waals surface area contributed by atoms with Gasteiger partial charge in [0.1, 0.15) is 5.82 Å². The molecule has 5 rings (SSSR count). The van der Waals surface area contributed by atoms with E-state index in [0.29, 0.717) is 17.3 Å². The number of hydrogen-bond acceptors (Lipinski definition) is 4. The van der Waals surface area contributed by atoms with Gasteiger partial charge < -0.3 is 25.2 Å². The van der Waals surface area contributed by atoms with E-state index in [4.69, 9.17) is 12.2 Å². The van der Waals surface area contributed by atoms with Gasteiger partial charge in [-0.15, -0.1) is 0 Å². The Kier molecular flexibility index (Phi) is 7.61. The molecule has 40 heavy (non-hydrogen) atoms. The fourth-order valence-corrected chi connectivity index (χ4v) is 5.53. The zero-order valence-electron chi connectivity index (χ0n) is 22.0. The first-order chi connectivity index (χ1) is 19.2. The number of carbonyl (C=O) groups is 2. The van der Waals surface area contributed by atoms with Crippen LogP contribution in [0.25, 0.3) is 5.69 Å². The Bertz CT molecular complexity index is 1550. The lowest BCUT2D eigenvalue weighted by Crippen LogP contribution is -2.32. The third-order valence-corrected chi connectivity index (χ3v) is 7.42. The van der Waals surface area contributed by atoms with E-state index in [0.717, 1.165) is 28.3 Å². The van der Waals surface area contributed by atoms with Crippen LogP contribution < -0.4 is 10.6 Å². The average Bonchev–Trinajstić information content (AvgIpc) is 3.43.